The van der Waals surface area contributed by atoms with Crippen molar-refractivity contribution in [2.24, 2.45) is 5.92 Å². The third kappa shape index (κ3) is 10.5. The lowest BCUT2D eigenvalue weighted by molar-refractivity contribution is -0.151. The van der Waals surface area contributed by atoms with Gasteiger partial charge in [-0.25, -0.2) is 24.1 Å². The van der Waals surface area contributed by atoms with Crippen molar-refractivity contribution in [1.29, 1.82) is 0 Å². The Bertz CT molecular complexity index is 1740. The van der Waals surface area contributed by atoms with Crippen molar-refractivity contribution >= 4 is 49.5 Å². The first-order chi connectivity index (χ1) is 24.8. The fraction of sp³-hybridized carbons (Fsp3) is 0.568. The minimum absolute atomic E-state index is 0.0321. The van der Waals surface area contributed by atoms with Crippen LogP contribution in [0.1, 0.15) is 44.2 Å². The molecule has 282 valence electrons. The molecule has 0 amide bonds. The number of anilines is 1. The molecule has 0 aromatic carbocycles. The van der Waals surface area contributed by atoms with Crippen molar-refractivity contribution in [1.82, 2.24) is 29.5 Å². The van der Waals surface area contributed by atoms with Crippen molar-refractivity contribution < 1.29 is 23.4 Å². The van der Waals surface area contributed by atoms with E-state index in [9.17, 15) is 4.79 Å². The van der Waals surface area contributed by atoms with Crippen LogP contribution in [-0.2, 0) is 19.0 Å². The number of esters is 1. The zero-order valence-electron chi connectivity index (χ0n) is 31.6. The first kappa shape index (κ1) is 40.1. The van der Waals surface area contributed by atoms with E-state index >= 15 is 4.39 Å². The number of aromatic nitrogens is 6. The summed E-state index contributed by atoms with van der Waals surface area (Å²) in [7, 11) is -2.62. The van der Waals surface area contributed by atoms with E-state index < -0.39 is 28.3 Å². The number of fused-ring (bicyclic) bond motifs is 1. The number of nitrogens with zero attached hydrogens (tertiary/aromatic N) is 7. The molecule has 1 saturated carbocycles. The van der Waals surface area contributed by atoms with Gasteiger partial charge in [0.05, 0.1) is 23.0 Å². The molecule has 0 radical (unpaired) electrons. The van der Waals surface area contributed by atoms with Crippen LogP contribution in [0.4, 0.5) is 10.2 Å². The van der Waals surface area contributed by atoms with Gasteiger partial charge in [-0.3, -0.25) is 4.98 Å². The van der Waals surface area contributed by atoms with Crippen LogP contribution in [-0.4, -0.2) is 91.1 Å². The number of hydrogen-bond acceptors (Lipinski definition) is 10. The van der Waals surface area contributed by atoms with Crippen LogP contribution in [0.3, 0.4) is 0 Å². The molecular formula is C37H53BrFN7O4Si2. The van der Waals surface area contributed by atoms with Crippen LogP contribution in [0.25, 0.3) is 28.3 Å². The predicted molar refractivity (Wildman–Crippen MR) is 212 cm³/mol. The highest BCUT2D eigenvalue weighted by atomic mass is 79.9. The monoisotopic (exact) mass is 813 g/mol. The van der Waals surface area contributed by atoms with Gasteiger partial charge in [0.1, 0.15) is 19.2 Å². The van der Waals surface area contributed by atoms with Crippen LogP contribution < -0.4 is 4.90 Å². The van der Waals surface area contributed by atoms with Crippen LogP contribution in [0.2, 0.25) is 51.4 Å². The fourth-order valence-electron chi connectivity index (χ4n) is 6.20. The van der Waals surface area contributed by atoms with Gasteiger partial charge in [0, 0.05) is 70.9 Å². The topological polar surface area (TPSA) is 117 Å². The summed E-state index contributed by atoms with van der Waals surface area (Å²) < 4.78 is 35.4. The Morgan fingerprint density at radius 1 is 0.962 bits per heavy atom. The number of pyridine rings is 1. The molecule has 1 aliphatic carbocycles. The Labute approximate surface area is 317 Å². The molecule has 5 rings (SSSR count). The second-order valence-corrected chi connectivity index (χ2v) is 28.0. The second-order valence-electron chi connectivity index (χ2n) is 15.9. The van der Waals surface area contributed by atoms with E-state index in [0.29, 0.717) is 69.5 Å². The third-order valence-corrected chi connectivity index (χ3v) is 13.5. The smallest absolute Gasteiger partial charge is 0.341 e. The Kier molecular flexibility index (Phi) is 13.7. The fourth-order valence-corrected chi connectivity index (χ4v) is 8.55. The van der Waals surface area contributed by atoms with Crippen LogP contribution >= 0.6 is 15.9 Å². The van der Waals surface area contributed by atoms with Crippen molar-refractivity contribution in [3.63, 3.8) is 0 Å². The lowest BCUT2D eigenvalue weighted by atomic mass is 9.78. The summed E-state index contributed by atoms with van der Waals surface area (Å²) in [6.45, 7) is 17.9. The highest BCUT2D eigenvalue weighted by Gasteiger charge is 2.36. The SMILES string of the molecule is CCOC(=O)C(F)[C@H]1CC[C@@H](c2nc3c(-c4ccc(-c5ncccn5)nc4)cnn3c(N(COCC[Si](C)(C)C)COCC[Si](C)(C)C)c2Br)CC1. The van der Waals surface area contributed by atoms with Crippen LogP contribution in [0.5, 0.6) is 0 Å². The average Bonchev–Trinajstić information content (AvgIpc) is 3.54. The van der Waals surface area contributed by atoms with Gasteiger partial charge >= 0.3 is 5.97 Å². The lowest BCUT2D eigenvalue weighted by Crippen LogP contribution is -2.34. The van der Waals surface area contributed by atoms with E-state index in [-0.39, 0.29) is 18.4 Å². The minimum Gasteiger partial charge on any atom is -0.464 e. The van der Waals surface area contributed by atoms with Gasteiger partial charge in [0.25, 0.3) is 0 Å². The zero-order valence-corrected chi connectivity index (χ0v) is 35.2. The molecule has 1 fully saturated rings. The summed E-state index contributed by atoms with van der Waals surface area (Å²) in [5, 5.41) is 4.88. The number of halogens is 2. The number of alkyl halides is 1. The normalized spacial score (nSPS) is 17.3. The molecular weight excluding hydrogens is 762 g/mol. The molecule has 11 nitrogen and oxygen atoms in total. The largest absolute Gasteiger partial charge is 0.464 e. The lowest BCUT2D eigenvalue weighted by Gasteiger charge is -2.32. The molecule has 0 N–H and O–H groups in total. The average molecular weight is 815 g/mol. The highest BCUT2D eigenvalue weighted by molar-refractivity contribution is 9.10. The third-order valence-electron chi connectivity index (χ3n) is 9.33. The summed E-state index contributed by atoms with van der Waals surface area (Å²) in [6, 6.07) is 7.75. The van der Waals surface area contributed by atoms with Crippen molar-refractivity contribution in [2.75, 3.05) is 38.2 Å². The molecule has 0 aliphatic heterocycles. The summed E-state index contributed by atoms with van der Waals surface area (Å²) in [6.07, 6.45) is 7.86. The summed E-state index contributed by atoms with van der Waals surface area (Å²) in [4.78, 5) is 32.9. The van der Waals surface area contributed by atoms with Gasteiger partial charge in [-0.15, -0.1) is 0 Å². The van der Waals surface area contributed by atoms with E-state index in [0.717, 1.165) is 39.2 Å². The molecule has 15 heteroatoms. The molecule has 0 spiro atoms. The maximum atomic E-state index is 15.1. The number of carbonyl (C=O) groups is 1. The molecule has 0 saturated heterocycles. The second kappa shape index (κ2) is 17.8. The standard InChI is InChI=1S/C37H53BrFN7O4Si2/c1-8-50-37(47)32(39)26-10-12-27(13-11-26)33-31(38)36(45(24-48-18-20-51(2,3)4)25-49-19-21-52(5,6)7)46-35(44-33)29(23-43-46)28-14-15-30(42-22-28)34-40-16-9-17-41-34/h9,14-17,22-23,26-27,32H,8,10-13,18-21,24-25H2,1-7H3/t26-,27+,32?. The summed E-state index contributed by atoms with van der Waals surface area (Å²) in [5.74, 6) is 0.219. The number of hydrogen-bond donors (Lipinski definition) is 0. The van der Waals surface area contributed by atoms with Crippen LogP contribution in [0, 0.1) is 5.92 Å². The van der Waals surface area contributed by atoms with Gasteiger partial charge < -0.3 is 19.1 Å². The molecule has 52 heavy (non-hydrogen) atoms. The molecule has 4 heterocycles. The maximum absolute atomic E-state index is 15.1. The first-order valence-corrected chi connectivity index (χ1v) is 26.5. The van der Waals surface area contributed by atoms with E-state index in [1.165, 1.54) is 0 Å². The predicted octanol–water partition coefficient (Wildman–Crippen LogP) is 8.62. The van der Waals surface area contributed by atoms with E-state index in [2.05, 4.69) is 75.1 Å². The molecule has 1 unspecified atom stereocenters. The molecule has 1 aliphatic rings. The van der Waals surface area contributed by atoms with Gasteiger partial charge in [-0.05, 0) is 72.8 Å². The van der Waals surface area contributed by atoms with Crippen molar-refractivity contribution in [3.05, 3.63) is 53.2 Å². The molecule has 1 atom stereocenters. The number of rotatable bonds is 17. The van der Waals surface area contributed by atoms with E-state index in [4.69, 9.17) is 24.3 Å². The van der Waals surface area contributed by atoms with Gasteiger partial charge in [0.15, 0.2) is 23.5 Å². The summed E-state index contributed by atoms with van der Waals surface area (Å²) >= 11 is 3.97. The number of ether oxygens (including phenoxy) is 3. The molecule has 0 bridgehead atoms. The highest BCUT2D eigenvalue weighted by Crippen LogP contribution is 2.43. The zero-order chi connectivity index (χ0) is 37.5. The van der Waals surface area contributed by atoms with Crippen LogP contribution in [0.15, 0.2) is 47.5 Å². The van der Waals surface area contributed by atoms with Crippen molar-refractivity contribution in [3.8, 4) is 22.6 Å². The minimum atomic E-state index is -1.62. The van der Waals surface area contributed by atoms with E-state index in [1.54, 1.807) is 31.6 Å². The maximum Gasteiger partial charge on any atom is 0.341 e. The summed E-state index contributed by atoms with van der Waals surface area (Å²) in [5.41, 5.74) is 3.88. The van der Waals surface area contributed by atoms with Gasteiger partial charge in [-0.1, -0.05) is 45.3 Å². The Hall–Kier alpha value is -3.12. The quantitative estimate of drug-likeness (QED) is 0.0444. The Morgan fingerprint density at radius 3 is 2.15 bits per heavy atom. The van der Waals surface area contributed by atoms with Gasteiger partial charge in [0.2, 0.25) is 0 Å². The Balaban J connectivity index is 1.53. The van der Waals surface area contributed by atoms with E-state index in [1.807, 2.05) is 22.8 Å². The molecule has 4 aromatic heterocycles. The molecule has 4 aromatic rings. The van der Waals surface area contributed by atoms with Crippen molar-refractivity contribution in [2.45, 2.75) is 96.1 Å². The Morgan fingerprint density at radius 2 is 1.60 bits per heavy atom. The first-order valence-electron chi connectivity index (χ1n) is 18.3. The number of carbonyl (C=O) groups excluding carboxylic acids is 1. The van der Waals surface area contributed by atoms with Gasteiger partial charge in [-0.2, -0.15) is 9.61 Å².